The summed E-state index contributed by atoms with van der Waals surface area (Å²) in [6.45, 7) is 5.93. The lowest BCUT2D eigenvalue weighted by Crippen LogP contribution is -2.42. The molecule has 2 rings (SSSR count). The average molecular weight is 320 g/mol. The van der Waals surface area contributed by atoms with Gasteiger partial charge in [-0.2, -0.15) is 0 Å². The fraction of sp³-hybridized carbons (Fsp3) is 0.412. The standard InChI is InChI=1S/C17H21FN2O3/c1-4-20(11-17(2,3)22)15(21)9-14-10-23-16(19-14)12-5-7-13(18)8-6-12/h5-8,10,22H,4,9,11H2,1-3H3. The van der Waals surface area contributed by atoms with Crippen molar-refractivity contribution in [3.05, 3.63) is 42.0 Å². The van der Waals surface area contributed by atoms with Crippen LogP contribution in [0.5, 0.6) is 0 Å². The number of benzene rings is 1. The second-order valence-corrected chi connectivity index (χ2v) is 6.05. The molecule has 1 aromatic carbocycles. The molecule has 0 aliphatic rings. The Hall–Kier alpha value is -2.21. The molecular weight excluding hydrogens is 299 g/mol. The quantitative estimate of drug-likeness (QED) is 0.888. The zero-order valence-electron chi connectivity index (χ0n) is 13.5. The molecule has 0 fully saturated rings. The third-order valence-electron chi connectivity index (χ3n) is 3.29. The number of amides is 1. The summed E-state index contributed by atoms with van der Waals surface area (Å²) in [5.41, 5.74) is 0.201. The maximum atomic E-state index is 12.9. The minimum absolute atomic E-state index is 0.0919. The monoisotopic (exact) mass is 320 g/mol. The van der Waals surface area contributed by atoms with Crippen molar-refractivity contribution in [2.24, 2.45) is 0 Å². The van der Waals surface area contributed by atoms with Crippen molar-refractivity contribution in [2.45, 2.75) is 32.8 Å². The topological polar surface area (TPSA) is 66.6 Å². The molecule has 0 aliphatic carbocycles. The van der Waals surface area contributed by atoms with Gasteiger partial charge in [0, 0.05) is 18.7 Å². The molecule has 5 nitrogen and oxygen atoms in total. The average Bonchev–Trinajstić information content (AvgIpc) is 2.93. The van der Waals surface area contributed by atoms with Crippen LogP contribution < -0.4 is 0 Å². The summed E-state index contributed by atoms with van der Waals surface area (Å²) in [5.74, 6) is -0.118. The zero-order chi connectivity index (χ0) is 17.0. The van der Waals surface area contributed by atoms with E-state index >= 15 is 0 Å². The van der Waals surface area contributed by atoms with E-state index in [1.807, 2.05) is 6.92 Å². The van der Waals surface area contributed by atoms with Crippen LogP contribution in [0.15, 0.2) is 34.9 Å². The van der Waals surface area contributed by atoms with E-state index in [0.29, 0.717) is 23.7 Å². The molecule has 0 unspecified atom stereocenters. The highest BCUT2D eigenvalue weighted by Crippen LogP contribution is 2.19. The lowest BCUT2D eigenvalue weighted by Gasteiger charge is -2.27. The summed E-state index contributed by atoms with van der Waals surface area (Å²) in [7, 11) is 0. The minimum atomic E-state index is -0.950. The molecule has 0 bridgehead atoms. The van der Waals surface area contributed by atoms with E-state index in [9.17, 15) is 14.3 Å². The molecule has 0 radical (unpaired) electrons. The first kappa shape index (κ1) is 17.1. The summed E-state index contributed by atoms with van der Waals surface area (Å²) in [4.78, 5) is 18.1. The molecule has 0 spiro atoms. The van der Waals surface area contributed by atoms with Crippen molar-refractivity contribution in [1.82, 2.24) is 9.88 Å². The Bertz CT molecular complexity index is 659. The maximum absolute atomic E-state index is 12.9. The summed E-state index contributed by atoms with van der Waals surface area (Å²) >= 11 is 0. The van der Waals surface area contributed by atoms with Gasteiger partial charge in [-0.3, -0.25) is 4.79 Å². The van der Waals surface area contributed by atoms with Crippen LogP contribution in [0.2, 0.25) is 0 Å². The molecule has 0 saturated heterocycles. The van der Waals surface area contributed by atoms with Gasteiger partial charge in [-0.15, -0.1) is 0 Å². The van der Waals surface area contributed by atoms with Gasteiger partial charge in [0.05, 0.1) is 17.7 Å². The van der Waals surface area contributed by atoms with Gasteiger partial charge in [0.15, 0.2) is 0 Å². The number of aliphatic hydroxyl groups is 1. The molecule has 6 heteroatoms. The Kier molecular flexibility index (Phi) is 5.15. The van der Waals surface area contributed by atoms with Crippen LogP contribution in [0.1, 0.15) is 26.5 Å². The Morgan fingerprint density at radius 1 is 1.35 bits per heavy atom. The number of rotatable bonds is 6. The van der Waals surface area contributed by atoms with E-state index in [4.69, 9.17) is 4.42 Å². The van der Waals surface area contributed by atoms with E-state index in [-0.39, 0.29) is 24.7 Å². The van der Waals surface area contributed by atoms with Gasteiger partial charge in [0.25, 0.3) is 0 Å². The molecule has 1 N–H and O–H groups in total. The first-order valence-corrected chi connectivity index (χ1v) is 7.49. The first-order chi connectivity index (χ1) is 10.8. The predicted octanol–water partition coefficient (Wildman–Crippen LogP) is 2.64. The van der Waals surface area contributed by atoms with Gasteiger partial charge in [-0.05, 0) is 45.0 Å². The van der Waals surface area contributed by atoms with E-state index in [2.05, 4.69) is 4.98 Å². The van der Waals surface area contributed by atoms with E-state index < -0.39 is 5.60 Å². The van der Waals surface area contributed by atoms with Crippen molar-refractivity contribution in [2.75, 3.05) is 13.1 Å². The number of halogens is 1. The van der Waals surface area contributed by atoms with Gasteiger partial charge in [0.2, 0.25) is 11.8 Å². The molecule has 0 aliphatic heterocycles. The highest BCUT2D eigenvalue weighted by molar-refractivity contribution is 5.78. The van der Waals surface area contributed by atoms with Crippen LogP contribution >= 0.6 is 0 Å². The molecule has 0 atom stereocenters. The Morgan fingerprint density at radius 3 is 2.57 bits per heavy atom. The zero-order valence-corrected chi connectivity index (χ0v) is 13.5. The Balaban J connectivity index is 2.06. The fourth-order valence-electron chi connectivity index (χ4n) is 2.22. The number of oxazole rings is 1. The SMILES string of the molecule is CCN(CC(C)(C)O)C(=O)Cc1coc(-c2ccc(F)cc2)n1. The molecular formula is C17H21FN2O3. The lowest BCUT2D eigenvalue weighted by atomic mass is 10.1. The first-order valence-electron chi connectivity index (χ1n) is 7.49. The summed E-state index contributed by atoms with van der Waals surface area (Å²) < 4.78 is 18.3. The number of aromatic nitrogens is 1. The van der Waals surface area contributed by atoms with Gasteiger partial charge in [-0.25, -0.2) is 9.37 Å². The highest BCUT2D eigenvalue weighted by atomic mass is 19.1. The third kappa shape index (κ3) is 4.89. The normalized spacial score (nSPS) is 11.5. The van der Waals surface area contributed by atoms with Crippen molar-refractivity contribution >= 4 is 5.91 Å². The summed E-state index contributed by atoms with van der Waals surface area (Å²) in [6, 6.07) is 5.79. The largest absolute Gasteiger partial charge is 0.444 e. The molecule has 1 heterocycles. The maximum Gasteiger partial charge on any atom is 0.228 e. The van der Waals surface area contributed by atoms with Crippen LogP contribution in [0.25, 0.3) is 11.5 Å². The van der Waals surface area contributed by atoms with Crippen LogP contribution in [0.3, 0.4) is 0 Å². The van der Waals surface area contributed by atoms with Crippen LogP contribution in [-0.2, 0) is 11.2 Å². The number of hydrogen-bond donors (Lipinski definition) is 1. The summed E-state index contributed by atoms with van der Waals surface area (Å²) in [6.07, 6.45) is 1.52. The van der Waals surface area contributed by atoms with Gasteiger partial charge in [0.1, 0.15) is 12.1 Å². The van der Waals surface area contributed by atoms with Crippen molar-refractivity contribution < 1.29 is 18.7 Å². The van der Waals surface area contributed by atoms with Crippen molar-refractivity contribution in [3.63, 3.8) is 0 Å². The van der Waals surface area contributed by atoms with Gasteiger partial charge >= 0.3 is 0 Å². The van der Waals surface area contributed by atoms with Gasteiger partial charge in [-0.1, -0.05) is 0 Å². The number of likely N-dealkylation sites (N-methyl/N-ethyl adjacent to an activating group) is 1. The lowest BCUT2D eigenvalue weighted by molar-refractivity contribution is -0.133. The molecule has 1 amide bonds. The predicted molar refractivity (Wildman–Crippen MR) is 84.2 cm³/mol. The second kappa shape index (κ2) is 6.91. The van der Waals surface area contributed by atoms with E-state index in [1.165, 1.54) is 18.4 Å². The molecule has 124 valence electrons. The van der Waals surface area contributed by atoms with Crippen molar-refractivity contribution in [3.8, 4) is 11.5 Å². The van der Waals surface area contributed by atoms with E-state index in [1.54, 1.807) is 30.9 Å². The van der Waals surface area contributed by atoms with Crippen LogP contribution in [0, 0.1) is 5.82 Å². The van der Waals surface area contributed by atoms with Gasteiger partial charge < -0.3 is 14.4 Å². The van der Waals surface area contributed by atoms with E-state index in [0.717, 1.165) is 0 Å². The van der Waals surface area contributed by atoms with Crippen molar-refractivity contribution in [1.29, 1.82) is 0 Å². The highest BCUT2D eigenvalue weighted by Gasteiger charge is 2.22. The smallest absolute Gasteiger partial charge is 0.228 e. The second-order valence-electron chi connectivity index (χ2n) is 6.05. The number of carbonyl (C=O) groups excluding carboxylic acids is 1. The molecule has 0 saturated carbocycles. The van der Waals surface area contributed by atoms with Crippen LogP contribution in [-0.4, -0.2) is 39.6 Å². The molecule has 23 heavy (non-hydrogen) atoms. The molecule has 2 aromatic rings. The number of hydrogen-bond acceptors (Lipinski definition) is 4. The Labute approximate surface area is 134 Å². The number of nitrogens with zero attached hydrogens (tertiary/aromatic N) is 2. The van der Waals surface area contributed by atoms with Crippen LogP contribution in [0.4, 0.5) is 4.39 Å². The summed E-state index contributed by atoms with van der Waals surface area (Å²) in [5, 5.41) is 9.85. The Morgan fingerprint density at radius 2 is 2.00 bits per heavy atom. The third-order valence-corrected chi connectivity index (χ3v) is 3.29. The minimum Gasteiger partial charge on any atom is -0.444 e. The molecule has 1 aromatic heterocycles. The fourth-order valence-corrected chi connectivity index (χ4v) is 2.22. The number of carbonyl (C=O) groups is 1.